The van der Waals surface area contributed by atoms with Gasteiger partial charge in [0.1, 0.15) is 5.82 Å². The topological polar surface area (TPSA) is 54.0 Å². The number of ether oxygens (including phenoxy) is 2. The molecule has 0 amide bonds. The van der Waals surface area contributed by atoms with E-state index < -0.39 is 0 Å². The highest BCUT2D eigenvalue weighted by atomic mass is 19.1. The first-order valence-electron chi connectivity index (χ1n) is 7.20. The van der Waals surface area contributed by atoms with Gasteiger partial charge in [-0.25, -0.2) is 4.39 Å². The molecule has 6 heteroatoms. The molecule has 1 aliphatic rings. The van der Waals surface area contributed by atoms with Crippen LogP contribution in [0.1, 0.15) is 5.56 Å². The molecule has 1 saturated heterocycles. The fraction of sp³-hybridized carbons (Fsp3) is 0.600. The minimum atomic E-state index is -0.241. The molecule has 21 heavy (non-hydrogen) atoms. The molecule has 1 aliphatic heterocycles. The zero-order chi connectivity index (χ0) is 15.1. The lowest BCUT2D eigenvalue weighted by atomic mass is 10.1. The van der Waals surface area contributed by atoms with E-state index >= 15 is 0 Å². The van der Waals surface area contributed by atoms with Crippen molar-refractivity contribution in [2.45, 2.75) is 12.6 Å². The maximum Gasteiger partial charge on any atom is 0.123 e. The number of anilines is 1. The summed E-state index contributed by atoms with van der Waals surface area (Å²) in [5.74, 6) is -0.241. The number of halogens is 1. The van der Waals surface area contributed by atoms with Gasteiger partial charge in [-0.05, 0) is 23.8 Å². The number of nitrogens with one attached hydrogen (secondary N) is 1. The van der Waals surface area contributed by atoms with Gasteiger partial charge in [-0.3, -0.25) is 0 Å². The molecule has 0 radical (unpaired) electrons. The predicted molar refractivity (Wildman–Crippen MR) is 79.0 cm³/mol. The first-order valence-corrected chi connectivity index (χ1v) is 7.20. The fourth-order valence-corrected chi connectivity index (χ4v) is 2.45. The molecule has 0 aromatic heterocycles. The van der Waals surface area contributed by atoms with Gasteiger partial charge < -0.3 is 24.8 Å². The third-order valence-corrected chi connectivity index (χ3v) is 3.52. The van der Waals surface area contributed by atoms with Gasteiger partial charge in [0.25, 0.3) is 0 Å². The Labute approximate surface area is 124 Å². The van der Waals surface area contributed by atoms with Crippen LogP contribution in [0, 0.1) is 5.82 Å². The highest BCUT2D eigenvalue weighted by molar-refractivity contribution is 5.54. The number of hydrogen-bond donors (Lipinski definition) is 2. The maximum atomic E-state index is 13.5. The zero-order valence-corrected chi connectivity index (χ0v) is 12.3. The average Bonchev–Trinajstić information content (AvgIpc) is 2.52. The Kier molecular flexibility index (Phi) is 6.38. The van der Waals surface area contributed by atoms with Crippen molar-refractivity contribution in [3.8, 4) is 0 Å². The van der Waals surface area contributed by atoms with E-state index in [1.54, 1.807) is 19.2 Å². The summed E-state index contributed by atoms with van der Waals surface area (Å²) in [6.45, 7) is 3.85. The molecule has 1 heterocycles. The van der Waals surface area contributed by atoms with E-state index in [0.717, 1.165) is 24.3 Å². The van der Waals surface area contributed by atoms with Crippen molar-refractivity contribution in [2.75, 3.05) is 51.5 Å². The van der Waals surface area contributed by atoms with E-state index in [2.05, 4.69) is 10.2 Å². The average molecular weight is 298 g/mol. The molecule has 0 spiro atoms. The third kappa shape index (κ3) is 4.64. The van der Waals surface area contributed by atoms with E-state index in [1.165, 1.54) is 6.07 Å². The smallest absolute Gasteiger partial charge is 0.123 e. The van der Waals surface area contributed by atoms with Gasteiger partial charge in [0.05, 0.1) is 25.9 Å². The summed E-state index contributed by atoms with van der Waals surface area (Å²) in [6, 6.07) is 4.82. The highest BCUT2D eigenvalue weighted by Crippen LogP contribution is 2.24. The number of morpholine rings is 1. The van der Waals surface area contributed by atoms with Crippen LogP contribution in [0.15, 0.2) is 18.2 Å². The predicted octanol–water partition coefficient (Wildman–Crippen LogP) is 0.759. The number of rotatable bonds is 7. The Bertz CT molecular complexity index is 445. The molecule has 0 aliphatic carbocycles. The summed E-state index contributed by atoms with van der Waals surface area (Å²) >= 11 is 0. The Balaban J connectivity index is 2.06. The molecule has 1 fully saturated rings. The summed E-state index contributed by atoms with van der Waals surface area (Å²) in [6.07, 6.45) is -0.182. The standard InChI is InChI=1S/C15H23FN2O3/c1-20-6-4-17-9-12-8-13(16)2-3-15(12)18-5-7-21-14(10-18)11-19/h2-3,8,14,17,19H,4-7,9-11H2,1H3. The van der Waals surface area contributed by atoms with Gasteiger partial charge in [-0.1, -0.05) is 0 Å². The first kappa shape index (κ1) is 16.2. The van der Waals surface area contributed by atoms with Crippen molar-refractivity contribution in [3.05, 3.63) is 29.6 Å². The Morgan fingerprint density at radius 2 is 2.38 bits per heavy atom. The lowest BCUT2D eigenvalue weighted by Crippen LogP contribution is -2.44. The van der Waals surface area contributed by atoms with Crippen LogP contribution >= 0.6 is 0 Å². The Morgan fingerprint density at radius 3 is 3.14 bits per heavy atom. The van der Waals surface area contributed by atoms with Crippen LogP contribution in [0.4, 0.5) is 10.1 Å². The summed E-state index contributed by atoms with van der Waals surface area (Å²) in [4.78, 5) is 2.14. The van der Waals surface area contributed by atoms with Gasteiger partial charge in [0.15, 0.2) is 0 Å². The first-order chi connectivity index (χ1) is 10.2. The van der Waals surface area contributed by atoms with Crippen molar-refractivity contribution >= 4 is 5.69 Å². The van der Waals surface area contributed by atoms with Crippen molar-refractivity contribution in [3.63, 3.8) is 0 Å². The van der Waals surface area contributed by atoms with Crippen LogP contribution in [-0.4, -0.2) is 57.8 Å². The number of methoxy groups -OCH3 is 1. The normalized spacial score (nSPS) is 19.0. The lowest BCUT2D eigenvalue weighted by molar-refractivity contribution is 0.00352. The molecule has 1 aromatic rings. The molecule has 1 aromatic carbocycles. The zero-order valence-electron chi connectivity index (χ0n) is 12.3. The highest BCUT2D eigenvalue weighted by Gasteiger charge is 2.21. The molecular formula is C15H23FN2O3. The van der Waals surface area contributed by atoms with Crippen molar-refractivity contribution < 1.29 is 19.0 Å². The van der Waals surface area contributed by atoms with Crippen molar-refractivity contribution in [2.24, 2.45) is 0 Å². The molecule has 0 saturated carbocycles. The van der Waals surface area contributed by atoms with Crippen LogP contribution < -0.4 is 10.2 Å². The quantitative estimate of drug-likeness (QED) is 0.728. The summed E-state index contributed by atoms with van der Waals surface area (Å²) in [5, 5.41) is 12.5. The molecular weight excluding hydrogens is 275 g/mol. The SMILES string of the molecule is COCCNCc1cc(F)ccc1N1CCOC(CO)C1. The monoisotopic (exact) mass is 298 g/mol. The van der Waals surface area contributed by atoms with E-state index in [4.69, 9.17) is 9.47 Å². The second-order valence-corrected chi connectivity index (χ2v) is 5.06. The summed E-state index contributed by atoms with van der Waals surface area (Å²) in [5.41, 5.74) is 1.90. The van der Waals surface area contributed by atoms with Gasteiger partial charge in [0, 0.05) is 39.0 Å². The van der Waals surface area contributed by atoms with E-state index in [0.29, 0.717) is 26.3 Å². The minimum absolute atomic E-state index is 0.000876. The number of aliphatic hydroxyl groups excluding tert-OH is 1. The second-order valence-electron chi connectivity index (χ2n) is 5.06. The number of hydrogen-bond acceptors (Lipinski definition) is 5. The lowest BCUT2D eigenvalue weighted by Gasteiger charge is -2.35. The summed E-state index contributed by atoms with van der Waals surface area (Å²) in [7, 11) is 1.65. The molecule has 2 N–H and O–H groups in total. The van der Waals surface area contributed by atoms with E-state index in [1.807, 2.05) is 0 Å². The molecule has 5 nitrogen and oxygen atoms in total. The van der Waals surface area contributed by atoms with Gasteiger partial charge in [0.2, 0.25) is 0 Å². The van der Waals surface area contributed by atoms with E-state index in [9.17, 15) is 9.50 Å². The molecule has 1 atom stereocenters. The second kappa shape index (κ2) is 8.29. The van der Waals surface area contributed by atoms with Gasteiger partial charge in [-0.2, -0.15) is 0 Å². The van der Waals surface area contributed by atoms with Crippen LogP contribution in [0.3, 0.4) is 0 Å². The van der Waals surface area contributed by atoms with Crippen LogP contribution in [0.5, 0.6) is 0 Å². The third-order valence-electron chi connectivity index (χ3n) is 3.52. The molecule has 2 rings (SSSR count). The molecule has 118 valence electrons. The number of nitrogens with zero attached hydrogens (tertiary/aromatic N) is 1. The van der Waals surface area contributed by atoms with Gasteiger partial charge in [-0.15, -0.1) is 0 Å². The summed E-state index contributed by atoms with van der Waals surface area (Å²) < 4.78 is 23.9. The van der Waals surface area contributed by atoms with Crippen LogP contribution in [-0.2, 0) is 16.0 Å². The molecule has 0 bridgehead atoms. The van der Waals surface area contributed by atoms with Gasteiger partial charge >= 0.3 is 0 Å². The largest absolute Gasteiger partial charge is 0.394 e. The van der Waals surface area contributed by atoms with Crippen molar-refractivity contribution in [1.29, 1.82) is 0 Å². The fourth-order valence-electron chi connectivity index (χ4n) is 2.45. The Hall–Kier alpha value is -1.21. The van der Waals surface area contributed by atoms with Crippen LogP contribution in [0.25, 0.3) is 0 Å². The van der Waals surface area contributed by atoms with E-state index in [-0.39, 0.29) is 18.5 Å². The number of benzene rings is 1. The minimum Gasteiger partial charge on any atom is -0.394 e. The van der Waals surface area contributed by atoms with Crippen molar-refractivity contribution in [1.82, 2.24) is 5.32 Å². The van der Waals surface area contributed by atoms with Crippen LogP contribution in [0.2, 0.25) is 0 Å². The molecule has 1 unspecified atom stereocenters. The number of aliphatic hydroxyl groups is 1. The Morgan fingerprint density at radius 1 is 1.52 bits per heavy atom. The maximum absolute atomic E-state index is 13.5.